The first-order valence-corrected chi connectivity index (χ1v) is 10.4. The molecular formula is C25H34N2O2. The lowest BCUT2D eigenvalue weighted by Gasteiger charge is -2.30. The van der Waals surface area contributed by atoms with E-state index in [0.29, 0.717) is 6.54 Å². The number of rotatable bonds is 8. The maximum atomic E-state index is 13.2. The number of carbonyl (C=O) groups is 2. The van der Waals surface area contributed by atoms with E-state index >= 15 is 0 Å². The van der Waals surface area contributed by atoms with Gasteiger partial charge in [-0.3, -0.25) is 9.59 Å². The van der Waals surface area contributed by atoms with Crippen LogP contribution in [-0.4, -0.2) is 28.8 Å². The summed E-state index contributed by atoms with van der Waals surface area (Å²) in [4.78, 5) is 27.7. The van der Waals surface area contributed by atoms with Crippen LogP contribution in [0.15, 0.2) is 42.5 Å². The van der Waals surface area contributed by atoms with E-state index in [9.17, 15) is 9.59 Å². The average molecular weight is 395 g/mol. The van der Waals surface area contributed by atoms with Crippen LogP contribution in [0.4, 0.5) is 0 Å². The van der Waals surface area contributed by atoms with Gasteiger partial charge in [0.15, 0.2) is 0 Å². The summed E-state index contributed by atoms with van der Waals surface area (Å²) in [6.45, 7) is 12.4. The minimum absolute atomic E-state index is 0.0402. The quantitative estimate of drug-likeness (QED) is 0.717. The lowest BCUT2D eigenvalue weighted by Crippen LogP contribution is -2.49. The zero-order valence-corrected chi connectivity index (χ0v) is 18.6. The average Bonchev–Trinajstić information content (AvgIpc) is 2.68. The van der Waals surface area contributed by atoms with Gasteiger partial charge in [0.1, 0.15) is 6.04 Å². The van der Waals surface area contributed by atoms with Crippen molar-refractivity contribution in [2.75, 3.05) is 0 Å². The van der Waals surface area contributed by atoms with Gasteiger partial charge in [0.05, 0.1) is 6.42 Å². The van der Waals surface area contributed by atoms with Crippen LogP contribution in [0, 0.1) is 20.8 Å². The van der Waals surface area contributed by atoms with Crippen molar-refractivity contribution < 1.29 is 9.59 Å². The Bertz CT molecular complexity index is 860. The molecule has 29 heavy (non-hydrogen) atoms. The number of hydrogen-bond acceptors (Lipinski definition) is 2. The molecule has 2 rings (SSSR count). The molecule has 0 unspecified atom stereocenters. The smallest absolute Gasteiger partial charge is 0.242 e. The second-order valence-electron chi connectivity index (χ2n) is 8.10. The van der Waals surface area contributed by atoms with Crippen LogP contribution < -0.4 is 5.32 Å². The van der Waals surface area contributed by atoms with Gasteiger partial charge in [-0.1, -0.05) is 55.0 Å². The van der Waals surface area contributed by atoms with Gasteiger partial charge in [-0.2, -0.15) is 0 Å². The Kier molecular flexibility index (Phi) is 8.00. The first-order valence-electron chi connectivity index (χ1n) is 10.4. The van der Waals surface area contributed by atoms with E-state index in [4.69, 9.17) is 0 Å². The summed E-state index contributed by atoms with van der Waals surface area (Å²) >= 11 is 0. The Hall–Kier alpha value is -2.62. The fourth-order valence-corrected chi connectivity index (χ4v) is 3.24. The third-order valence-electron chi connectivity index (χ3n) is 5.53. The van der Waals surface area contributed by atoms with Crippen molar-refractivity contribution in [3.63, 3.8) is 0 Å². The summed E-state index contributed by atoms with van der Waals surface area (Å²) in [5, 5.41) is 3.01. The first kappa shape index (κ1) is 22.7. The van der Waals surface area contributed by atoms with Crippen LogP contribution in [-0.2, 0) is 22.6 Å². The number of nitrogens with one attached hydrogen (secondary N) is 1. The Labute approximate surface area is 175 Å². The van der Waals surface area contributed by atoms with Crippen LogP contribution in [0.2, 0.25) is 0 Å². The lowest BCUT2D eigenvalue weighted by molar-refractivity contribution is -0.140. The minimum atomic E-state index is -0.538. The molecule has 0 heterocycles. The Morgan fingerprint density at radius 1 is 0.966 bits per heavy atom. The molecule has 0 bridgehead atoms. The predicted octanol–water partition coefficient (Wildman–Crippen LogP) is 4.49. The molecule has 0 aliphatic rings. The summed E-state index contributed by atoms with van der Waals surface area (Å²) in [6, 6.07) is 13.7. The molecule has 4 nitrogen and oxygen atoms in total. The highest BCUT2D eigenvalue weighted by Crippen LogP contribution is 2.16. The Balaban J connectivity index is 2.25. The van der Waals surface area contributed by atoms with E-state index in [-0.39, 0.29) is 24.3 Å². The van der Waals surface area contributed by atoms with Crippen molar-refractivity contribution in [3.05, 3.63) is 70.3 Å². The summed E-state index contributed by atoms with van der Waals surface area (Å²) in [7, 11) is 0. The lowest BCUT2D eigenvalue weighted by atomic mass is 10.0. The van der Waals surface area contributed by atoms with Gasteiger partial charge in [0.2, 0.25) is 11.8 Å². The standard InChI is InChI=1S/C25H34N2O2/c1-7-20(5)26-25(29)21(6)27(16-23-10-8-9-17(2)13-23)24(28)15-22-12-11-18(3)19(4)14-22/h8-14,20-21H,7,15-16H2,1-6H3,(H,26,29)/t20-,21+/m0/s1. The van der Waals surface area contributed by atoms with E-state index in [1.54, 1.807) is 4.90 Å². The number of benzene rings is 2. The van der Waals surface area contributed by atoms with Gasteiger partial charge in [0.25, 0.3) is 0 Å². The predicted molar refractivity (Wildman–Crippen MR) is 119 cm³/mol. The van der Waals surface area contributed by atoms with Crippen LogP contribution in [0.3, 0.4) is 0 Å². The van der Waals surface area contributed by atoms with Crippen molar-refractivity contribution >= 4 is 11.8 Å². The second-order valence-corrected chi connectivity index (χ2v) is 8.10. The number of amides is 2. The number of aryl methyl sites for hydroxylation is 3. The zero-order chi connectivity index (χ0) is 21.6. The van der Waals surface area contributed by atoms with E-state index in [1.165, 1.54) is 11.1 Å². The fourth-order valence-electron chi connectivity index (χ4n) is 3.24. The van der Waals surface area contributed by atoms with Crippen molar-refractivity contribution in [2.24, 2.45) is 0 Å². The molecule has 156 valence electrons. The molecule has 0 radical (unpaired) electrons. The maximum Gasteiger partial charge on any atom is 0.242 e. The molecular weight excluding hydrogens is 360 g/mol. The molecule has 0 aliphatic heterocycles. The molecule has 4 heteroatoms. The number of carbonyl (C=O) groups excluding carboxylic acids is 2. The second kappa shape index (κ2) is 10.2. The number of hydrogen-bond donors (Lipinski definition) is 1. The van der Waals surface area contributed by atoms with E-state index in [2.05, 4.69) is 31.3 Å². The highest BCUT2D eigenvalue weighted by molar-refractivity contribution is 5.88. The van der Waals surface area contributed by atoms with Gasteiger partial charge < -0.3 is 10.2 Å². The molecule has 0 fully saturated rings. The maximum absolute atomic E-state index is 13.2. The minimum Gasteiger partial charge on any atom is -0.352 e. The van der Waals surface area contributed by atoms with Gasteiger partial charge >= 0.3 is 0 Å². The summed E-state index contributed by atoms with van der Waals surface area (Å²) < 4.78 is 0. The van der Waals surface area contributed by atoms with E-state index < -0.39 is 6.04 Å². The van der Waals surface area contributed by atoms with Crippen LogP contribution in [0.5, 0.6) is 0 Å². The molecule has 2 aromatic carbocycles. The van der Waals surface area contributed by atoms with Gasteiger partial charge in [-0.25, -0.2) is 0 Å². The largest absolute Gasteiger partial charge is 0.352 e. The van der Waals surface area contributed by atoms with E-state index in [0.717, 1.165) is 23.1 Å². The Morgan fingerprint density at radius 2 is 1.69 bits per heavy atom. The zero-order valence-electron chi connectivity index (χ0n) is 18.6. The van der Waals surface area contributed by atoms with Crippen LogP contribution >= 0.6 is 0 Å². The normalized spacial score (nSPS) is 12.9. The fraction of sp³-hybridized carbons (Fsp3) is 0.440. The molecule has 0 spiro atoms. The number of nitrogens with zero attached hydrogens (tertiary/aromatic N) is 1. The summed E-state index contributed by atoms with van der Waals surface area (Å²) in [6.07, 6.45) is 1.14. The molecule has 0 aromatic heterocycles. The first-order chi connectivity index (χ1) is 13.7. The van der Waals surface area contributed by atoms with Crippen molar-refractivity contribution in [1.82, 2.24) is 10.2 Å². The molecule has 1 N–H and O–H groups in total. The molecule has 0 saturated heterocycles. The molecule has 0 aliphatic carbocycles. The highest BCUT2D eigenvalue weighted by Gasteiger charge is 2.26. The third-order valence-corrected chi connectivity index (χ3v) is 5.53. The molecule has 2 aromatic rings. The third kappa shape index (κ3) is 6.45. The van der Waals surface area contributed by atoms with Crippen LogP contribution in [0.1, 0.15) is 55.0 Å². The highest BCUT2D eigenvalue weighted by atomic mass is 16.2. The summed E-state index contributed by atoms with van der Waals surface area (Å²) in [5.41, 5.74) is 5.52. The monoisotopic (exact) mass is 394 g/mol. The van der Waals surface area contributed by atoms with E-state index in [1.807, 2.05) is 58.0 Å². The summed E-state index contributed by atoms with van der Waals surface area (Å²) in [5.74, 6) is -0.151. The van der Waals surface area contributed by atoms with Gasteiger partial charge in [-0.15, -0.1) is 0 Å². The topological polar surface area (TPSA) is 49.4 Å². The Morgan fingerprint density at radius 3 is 2.31 bits per heavy atom. The van der Waals surface area contributed by atoms with Crippen molar-refractivity contribution in [3.8, 4) is 0 Å². The van der Waals surface area contributed by atoms with Crippen molar-refractivity contribution in [1.29, 1.82) is 0 Å². The van der Waals surface area contributed by atoms with Crippen molar-refractivity contribution in [2.45, 2.75) is 73.0 Å². The molecule has 2 atom stereocenters. The van der Waals surface area contributed by atoms with Gasteiger partial charge in [-0.05, 0) is 63.3 Å². The van der Waals surface area contributed by atoms with Crippen LogP contribution in [0.25, 0.3) is 0 Å². The molecule has 0 saturated carbocycles. The van der Waals surface area contributed by atoms with Gasteiger partial charge in [0, 0.05) is 12.6 Å². The SMILES string of the molecule is CC[C@H](C)NC(=O)[C@@H](C)N(Cc1cccc(C)c1)C(=O)Cc1ccc(C)c(C)c1. The molecule has 2 amide bonds.